The molecule has 0 atom stereocenters. The summed E-state index contributed by atoms with van der Waals surface area (Å²) < 4.78 is 0. The third-order valence-corrected chi connectivity index (χ3v) is 2.52. The lowest BCUT2D eigenvalue weighted by Gasteiger charge is -2.03. The lowest BCUT2D eigenvalue weighted by molar-refractivity contribution is -0.119. The average Bonchev–Trinajstić information content (AvgIpc) is 2.10. The Morgan fingerprint density at radius 1 is 1.43 bits per heavy atom. The second-order valence-electron chi connectivity index (χ2n) is 3.05. The lowest BCUT2D eigenvalue weighted by Crippen LogP contribution is -2.28. The third-order valence-electron chi connectivity index (χ3n) is 1.68. The van der Waals surface area contributed by atoms with Gasteiger partial charge in [0, 0.05) is 6.54 Å². The zero-order valence-electron chi connectivity index (χ0n) is 8.54. The molecule has 0 radical (unpaired) electrons. The average molecular weight is 234 g/mol. The number of unbranched alkanes of at least 4 members (excludes halogenated alkanes) is 2. The molecule has 0 bridgehead atoms. The van der Waals surface area contributed by atoms with Crippen molar-refractivity contribution in [2.24, 2.45) is 5.73 Å². The molecule has 0 rings (SSSR count). The van der Waals surface area contributed by atoms with E-state index in [1.807, 2.05) is 11.8 Å². The Bertz CT molecular complexity index is 186. The van der Waals surface area contributed by atoms with Gasteiger partial charge >= 0.3 is 0 Å². The van der Waals surface area contributed by atoms with Crippen LogP contribution in [0.4, 0.5) is 0 Å². The summed E-state index contributed by atoms with van der Waals surface area (Å²) in [7, 11) is 0. The van der Waals surface area contributed by atoms with Crippen molar-refractivity contribution in [3.8, 4) is 0 Å². The molecule has 82 valence electrons. The van der Waals surface area contributed by atoms with Gasteiger partial charge in [-0.3, -0.25) is 4.79 Å². The summed E-state index contributed by atoms with van der Waals surface area (Å²) in [5.74, 6) is 1.13. The van der Waals surface area contributed by atoms with Crippen molar-refractivity contribution in [1.29, 1.82) is 0 Å². The number of hydrogen-bond acceptors (Lipinski definition) is 3. The fourth-order valence-corrected chi connectivity index (χ4v) is 1.62. The summed E-state index contributed by atoms with van der Waals surface area (Å²) in [6.45, 7) is 0.732. The third kappa shape index (κ3) is 9.80. The first-order valence-electron chi connectivity index (χ1n) is 4.70. The maximum atomic E-state index is 11.1. The standard InChI is InChI=1S/C9H18N2OS2/c1-14-6-4-2-3-5-11-9(12)7-8(10)13/h2-7H2,1H3,(H2,10,13)(H,11,12). The highest BCUT2D eigenvalue weighted by Crippen LogP contribution is 2.01. The molecule has 0 aliphatic rings. The summed E-state index contributed by atoms with van der Waals surface area (Å²) in [5, 5.41) is 2.78. The van der Waals surface area contributed by atoms with E-state index in [2.05, 4.69) is 23.8 Å². The summed E-state index contributed by atoms with van der Waals surface area (Å²) >= 11 is 6.48. The first-order chi connectivity index (χ1) is 6.66. The van der Waals surface area contributed by atoms with Gasteiger partial charge in [0.15, 0.2) is 0 Å². The molecule has 0 aromatic carbocycles. The van der Waals surface area contributed by atoms with Crippen molar-refractivity contribution in [1.82, 2.24) is 5.32 Å². The Morgan fingerprint density at radius 2 is 2.14 bits per heavy atom. The van der Waals surface area contributed by atoms with E-state index in [0.29, 0.717) is 0 Å². The van der Waals surface area contributed by atoms with Gasteiger partial charge in [-0.25, -0.2) is 0 Å². The highest BCUT2D eigenvalue weighted by atomic mass is 32.2. The van der Waals surface area contributed by atoms with E-state index in [1.165, 1.54) is 12.2 Å². The number of hydrogen-bond donors (Lipinski definition) is 2. The number of nitrogens with two attached hydrogens (primary N) is 1. The van der Waals surface area contributed by atoms with Crippen molar-refractivity contribution in [2.75, 3.05) is 18.6 Å². The van der Waals surface area contributed by atoms with Crippen molar-refractivity contribution < 1.29 is 4.79 Å². The van der Waals surface area contributed by atoms with Crippen LogP contribution in [0.2, 0.25) is 0 Å². The van der Waals surface area contributed by atoms with Gasteiger partial charge in [0.2, 0.25) is 5.91 Å². The van der Waals surface area contributed by atoms with Crippen LogP contribution in [0.3, 0.4) is 0 Å². The number of thiocarbonyl (C=S) groups is 1. The molecule has 0 aromatic heterocycles. The number of nitrogens with one attached hydrogen (secondary N) is 1. The summed E-state index contributed by atoms with van der Waals surface area (Å²) in [4.78, 5) is 11.3. The van der Waals surface area contributed by atoms with E-state index in [9.17, 15) is 4.79 Å². The predicted molar refractivity (Wildman–Crippen MR) is 66.6 cm³/mol. The van der Waals surface area contributed by atoms with E-state index in [4.69, 9.17) is 5.73 Å². The summed E-state index contributed by atoms with van der Waals surface area (Å²) in [6.07, 6.45) is 5.67. The highest BCUT2D eigenvalue weighted by Gasteiger charge is 2.00. The van der Waals surface area contributed by atoms with Gasteiger partial charge in [-0.15, -0.1) is 0 Å². The first-order valence-corrected chi connectivity index (χ1v) is 6.51. The van der Waals surface area contributed by atoms with E-state index < -0.39 is 0 Å². The first kappa shape index (κ1) is 13.7. The smallest absolute Gasteiger partial charge is 0.226 e. The molecule has 0 saturated heterocycles. The van der Waals surface area contributed by atoms with Gasteiger partial charge in [0.05, 0.1) is 11.4 Å². The molecule has 3 N–H and O–H groups in total. The molecule has 0 aliphatic heterocycles. The number of thioether (sulfide) groups is 1. The molecule has 14 heavy (non-hydrogen) atoms. The van der Waals surface area contributed by atoms with E-state index in [-0.39, 0.29) is 17.3 Å². The zero-order valence-corrected chi connectivity index (χ0v) is 10.2. The van der Waals surface area contributed by atoms with Crippen LogP contribution in [0.1, 0.15) is 25.7 Å². The Kier molecular flexibility index (Phi) is 9.08. The Morgan fingerprint density at radius 3 is 2.71 bits per heavy atom. The van der Waals surface area contributed by atoms with Gasteiger partial charge in [0.1, 0.15) is 0 Å². The SMILES string of the molecule is CSCCCCCNC(=O)CC(N)=S. The molecule has 0 fully saturated rings. The number of carbonyl (C=O) groups excluding carboxylic acids is 1. The fourth-order valence-electron chi connectivity index (χ4n) is 0.997. The largest absolute Gasteiger partial charge is 0.393 e. The molecular formula is C9H18N2OS2. The molecular weight excluding hydrogens is 216 g/mol. The lowest BCUT2D eigenvalue weighted by atomic mass is 10.2. The van der Waals surface area contributed by atoms with Gasteiger partial charge in [0.25, 0.3) is 0 Å². The van der Waals surface area contributed by atoms with Crippen molar-refractivity contribution in [3.05, 3.63) is 0 Å². The normalized spacial score (nSPS) is 9.79. The minimum Gasteiger partial charge on any atom is -0.393 e. The number of amides is 1. The Labute approximate surface area is 95.2 Å². The molecule has 0 aliphatic carbocycles. The second-order valence-corrected chi connectivity index (χ2v) is 4.56. The van der Waals surface area contributed by atoms with Crippen molar-refractivity contribution in [3.63, 3.8) is 0 Å². The highest BCUT2D eigenvalue weighted by molar-refractivity contribution is 7.98. The van der Waals surface area contributed by atoms with Crippen molar-refractivity contribution in [2.45, 2.75) is 25.7 Å². The fraction of sp³-hybridized carbons (Fsp3) is 0.778. The Balaban J connectivity index is 3.19. The molecule has 0 aromatic rings. The van der Waals surface area contributed by atoms with Crippen LogP contribution in [-0.4, -0.2) is 29.4 Å². The zero-order chi connectivity index (χ0) is 10.8. The molecule has 0 spiro atoms. The van der Waals surface area contributed by atoms with Crippen LogP contribution in [0.15, 0.2) is 0 Å². The van der Waals surface area contributed by atoms with Gasteiger partial charge in [-0.2, -0.15) is 11.8 Å². The van der Waals surface area contributed by atoms with Gasteiger partial charge in [-0.1, -0.05) is 18.6 Å². The van der Waals surface area contributed by atoms with E-state index in [1.54, 1.807) is 0 Å². The minimum absolute atomic E-state index is 0.0673. The Hall–Kier alpha value is -0.290. The molecule has 0 heterocycles. The van der Waals surface area contributed by atoms with Crippen LogP contribution < -0.4 is 11.1 Å². The predicted octanol–water partition coefficient (Wildman–Crippen LogP) is 1.31. The second kappa shape index (κ2) is 9.27. The molecule has 1 amide bonds. The van der Waals surface area contributed by atoms with Crippen LogP contribution in [0.25, 0.3) is 0 Å². The van der Waals surface area contributed by atoms with Crippen LogP contribution in [-0.2, 0) is 4.79 Å². The number of carbonyl (C=O) groups is 1. The topological polar surface area (TPSA) is 55.1 Å². The summed E-state index contributed by atoms with van der Waals surface area (Å²) in [6, 6.07) is 0. The van der Waals surface area contributed by atoms with Gasteiger partial charge in [-0.05, 0) is 24.9 Å². The minimum atomic E-state index is -0.0673. The van der Waals surface area contributed by atoms with Crippen molar-refractivity contribution >= 4 is 34.9 Å². The number of rotatable bonds is 8. The molecule has 0 saturated carbocycles. The summed E-state index contributed by atoms with van der Waals surface area (Å²) in [5.41, 5.74) is 5.23. The molecule has 5 heteroatoms. The quantitative estimate of drug-likeness (QED) is 0.491. The molecule has 3 nitrogen and oxygen atoms in total. The van der Waals surface area contributed by atoms with Crippen LogP contribution in [0.5, 0.6) is 0 Å². The van der Waals surface area contributed by atoms with Crippen LogP contribution >= 0.6 is 24.0 Å². The maximum absolute atomic E-state index is 11.1. The van der Waals surface area contributed by atoms with Gasteiger partial charge < -0.3 is 11.1 Å². The van der Waals surface area contributed by atoms with Crippen LogP contribution in [0, 0.1) is 0 Å². The van der Waals surface area contributed by atoms with E-state index in [0.717, 1.165) is 19.4 Å². The van der Waals surface area contributed by atoms with E-state index >= 15 is 0 Å². The monoisotopic (exact) mass is 234 g/mol. The molecule has 0 unspecified atom stereocenters. The maximum Gasteiger partial charge on any atom is 0.226 e.